The lowest BCUT2D eigenvalue weighted by Gasteiger charge is -2.06. The van der Waals surface area contributed by atoms with E-state index in [9.17, 15) is 0 Å². The lowest BCUT2D eigenvalue weighted by atomic mass is 10.0. The van der Waals surface area contributed by atoms with Gasteiger partial charge in [-0.1, -0.05) is 48.5 Å². The van der Waals surface area contributed by atoms with Crippen molar-refractivity contribution in [3.63, 3.8) is 0 Å². The summed E-state index contributed by atoms with van der Waals surface area (Å²) in [6, 6.07) is 17.6. The zero-order valence-corrected chi connectivity index (χ0v) is 17.9. The zero-order chi connectivity index (χ0) is 21.3. The first-order chi connectivity index (χ1) is 15.8. The molecule has 6 nitrogen and oxygen atoms in total. The summed E-state index contributed by atoms with van der Waals surface area (Å²) in [6.45, 7) is 1.99. The maximum Gasteiger partial charge on any atom is 0.151 e. The van der Waals surface area contributed by atoms with Gasteiger partial charge in [-0.05, 0) is 54.5 Å². The number of aromatic amines is 2. The summed E-state index contributed by atoms with van der Waals surface area (Å²) in [6.07, 6.45) is 8.34. The summed E-state index contributed by atoms with van der Waals surface area (Å²) in [5.74, 6) is 1.95. The molecule has 160 valence electrons. The van der Waals surface area contributed by atoms with Crippen LogP contribution in [0.1, 0.15) is 43.4 Å². The molecule has 0 bridgehead atoms. The van der Waals surface area contributed by atoms with Gasteiger partial charge in [-0.3, -0.25) is 4.99 Å². The normalized spacial score (nSPS) is 18.2. The second kappa shape index (κ2) is 8.20. The Hall–Kier alpha value is -3.51. The molecule has 0 radical (unpaired) electrons. The lowest BCUT2D eigenvalue weighted by molar-refractivity contribution is 0.613. The maximum absolute atomic E-state index is 4.59. The fourth-order valence-corrected chi connectivity index (χ4v) is 4.61. The van der Waals surface area contributed by atoms with Crippen molar-refractivity contribution < 1.29 is 0 Å². The Kier molecular flexibility index (Phi) is 4.92. The maximum atomic E-state index is 4.59. The van der Waals surface area contributed by atoms with E-state index in [0.717, 1.165) is 72.2 Å². The smallest absolute Gasteiger partial charge is 0.151 e. The molecule has 2 aromatic carbocycles. The largest absolute Gasteiger partial charge is 0.341 e. The van der Waals surface area contributed by atoms with Crippen molar-refractivity contribution in [3.05, 3.63) is 72.6 Å². The van der Waals surface area contributed by atoms with Crippen molar-refractivity contribution >= 4 is 5.71 Å². The van der Waals surface area contributed by atoms with Crippen molar-refractivity contribution in [2.45, 2.75) is 31.7 Å². The Balaban J connectivity index is 1.18. The monoisotopic (exact) mass is 422 g/mol. The minimum absolute atomic E-state index is 0.360. The highest BCUT2D eigenvalue weighted by atomic mass is 15.0. The second-order valence-electron chi connectivity index (χ2n) is 8.56. The van der Waals surface area contributed by atoms with E-state index in [0.29, 0.717) is 6.04 Å². The van der Waals surface area contributed by atoms with Gasteiger partial charge in [0.05, 0.1) is 35.5 Å². The first-order valence-corrected chi connectivity index (χ1v) is 11.4. The van der Waals surface area contributed by atoms with Crippen molar-refractivity contribution in [3.8, 4) is 33.6 Å². The number of benzene rings is 2. The molecule has 32 heavy (non-hydrogen) atoms. The number of aromatic nitrogens is 4. The van der Waals surface area contributed by atoms with Crippen LogP contribution < -0.4 is 5.32 Å². The van der Waals surface area contributed by atoms with E-state index < -0.39 is 0 Å². The Morgan fingerprint density at radius 2 is 1.38 bits per heavy atom. The average Bonchev–Trinajstić information content (AvgIpc) is 3.66. The number of rotatable bonds is 5. The summed E-state index contributed by atoms with van der Waals surface area (Å²) in [7, 11) is 0. The van der Waals surface area contributed by atoms with E-state index in [1.165, 1.54) is 17.5 Å². The van der Waals surface area contributed by atoms with E-state index in [4.69, 9.17) is 0 Å². The number of hydrogen-bond acceptors (Lipinski definition) is 4. The molecule has 6 rings (SSSR count). The summed E-state index contributed by atoms with van der Waals surface area (Å²) in [4.78, 5) is 20.5. The van der Waals surface area contributed by atoms with Gasteiger partial charge in [0, 0.05) is 6.54 Å². The molecule has 2 aromatic heterocycles. The van der Waals surface area contributed by atoms with E-state index >= 15 is 0 Å². The van der Waals surface area contributed by atoms with Crippen LogP contribution in [0, 0.1) is 0 Å². The highest BCUT2D eigenvalue weighted by Crippen LogP contribution is 2.28. The molecule has 0 unspecified atom stereocenters. The highest BCUT2D eigenvalue weighted by Gasteiger charge is 2.19. The molecule has 0 spiro atoms. The fraction of sp³-hybridized carbons (Fsp3) is 0.269. The van der Waals surface area contributed by atoms with E-state index in [2.05, 4.69) is 78.8 Å². The van der Waals surface area contributed by atoms with Crippen molar-refractivity contribution in [2.24, 2.45) is 4.99 Å². The van der Waals surface area contributed by atoms with Gasteiger partial charge in [-0.15, -0.1) is 0 Å². The van der Waals surface area contributed by atoms with Crippen LogP contribution in [0.25, 0.3) is 33.6 Å². The van der Waals surface area contributed by atoms with Gasteiger partial charge < -0.3 is 15.3 Å². The second-order valence-corrected chi connectivity index (χ2v) is 8.56. The van der Waals surface area contributed by atoms with Gasteiger partial charge in [0.2, 0.25) is 0 Å². The van der Waals surface area contributed by atoms with Crippen LogP contribution in [0.3, 0.4) is 0 Å². The third-order valence-corrected chi connectivity index (χ3v) is 6.43. The van der Waals surface area contributed by atoms with E-state index in [1.807, 2.05) is 12.4 Å². The molecular weight excluding hydrogens is 396 g/mol. The van der Waals surface area contributed by atoms with Crippen molar-refractivity contribution in [1.29, 1.82) is 0 Å². The first kappa shape index (κ1) is 19.2. The zero-order valence-electron chi connectivity index (χ0n) is 17.9. The molecule has 1 atom stereocenters. The Bertz CT molecular complexity index is 1240. The number of imidazole rings is 2. The van der Waals surface area contributed by atoms with Crippen LogP contribution in [0.5, 0.6) is 0 Å². The minimum atomic E-state index is 0.360. The topological polar surface area (TPSA) is 81.8 Å². The standard InChI is InChI=1S/C26H26N6/c1-3-21(27-13-1)25-29-15-23(31-25)19-9-5-17(6-10-19)18-7-11-20(12-8-18)24-16-30-26(32-24)22-4-2-14-28-22/h5-12,15-16,21,27H,1-4,13-14H2,(H,29,31)(H,30,32)/t21-/m0/s1. The van der Waals surface area contributed by atoms with E-state index in [1.54, 1.807) is 0 Å². The molecule has 4 heterocycles. The lowest BCUT2D eigenvalue weighted by Crippen LogP contribution is -2.14. The highest BCUT2D eigenvalue weighted by molar-refractivity contribution is 5.98. The van der Waals surface area contributed by atoms with Crippen LogP contribution in [0.4, 0.5) is 0 Å². The first-order valence-electron chi connectivity index (χ1n) is 11.4. The molecule has 2 aliphatic heterocycles. The van der Waals surface area contributed by atoms with Gasteiger partial charge in [0.1, 0.15) is 5.82 Å². The summed E-state index contributed by atoms with van der Waals surface area (Å²) in [5.41, 5.74) is 7.87. The summed E-state index contributed by atoms with van der Waals surface area (Å²) < 4.78 is 0. The third kappa shape index (κ3) is 3.67. The van der Waals surface area contributed by atoms with Crippen LogP contribution in [0.15, 0.2) is 65.9 Å². The molecule has 0 aliphatic carbocycles. The molecule has 1 fully saturated rings. The number of aliphatic imine (C=N–C) groups is 1. The number of H-pyrrole nitrogens is 2. The molecule has 1 saturated heterocycles. The van der Waals surface area contributed by atoms with Crippen LogP contribution in [-0.4, -0.2) is 38.7 Å². The van der Waals surface area contributed by atoms with Gasteiger partial charge >= 0.3 is 0 Å². The van der Waals surface area contributed by atoms with Crippen LogP contribution in [-0.2, 0) is 0 Å². The van der Waals surface area contributed by atoms with Crippen molar-refractivity contribution in [1.82, 2.24) is 25.3 Å². The Labute approximate surface area is 187 Å². The summed E-state index contributed by atoms with van der Waals surface area (Å²) >= 11 is 0. The van der Waals surface area contributed by atoms with Gasteiger partial charge in [0.15, 0.2) is 5.82 Å². The quantitative estimate of drug-likeness (QED) is 0.416. The average molecular weight is 423 g/mol. The predicted molar refractivity (Wildman–Crippen MR) is 128 cm³/mol. The van der Waals surface area contributed by atoms with Gasteiger partial charge in [-0.2, -0.15) is 0 Å². The predicted octanol–water partition coefficient (Wildman–Crippen LogP) is 5.14. The van der Waals surface area contributed by atoms with E-state index in [-0.39, 0.29) is 0 Å². The Morgan fingerprint density at radius 3 is 2.00 bits per heavy atom. The van der Waals surface area contributed by atoms with Crippen LogP contribution in [0.2, 0.25) is 0 Å². The number of nitrogens with zero attached hydrogens (tertiary/aromatic N) is 3. The van der Waals surface area contributed by atoms with Gasteiger partial charge in [0.25, 0.3) is 0 Å². The molecule has 2 aliphatic rings. The molecule has 0 amide bonds. The molecule has 4 aromatic rings. The van der Waals surface area contributed by atoms with Crippen molar-refractivity contribution in [2.75, 3.05) is 13.1 Å². The molecule has 0 saturated carbocycles. The third-order valence-electron chi connectivity index (χ3n) is 6.43. The summed E-state index contributed by atoms with van der Waals surface area (Å²) in [5, 5.41) is 3.49. The Morgan fingerprint density at radius 1 is 0.719 bits per heavy atom. The molecular formula is C26H26N6. The SMILES string of the molecule is c1cc(-c2cnc(C3=NCCC3)[nH]2)ccc1-c1ccc(-c2cnc([C@@H]3CCCN3)[nH]2)cc1. The van der Waals surface area contributed by atoms with Crippen LogP contribution >= 0.6 is 0 Å². The molecule has 3 N–H and O–H groups in total. The van der Waals surface area contributed by atoms with Gasteiger partial charge in [-0.25, -0.2) is 9.97 Å². The molecule has 6 heteroatoms. The minimum Gasteiger partial charge on any atom is -0.341 e. The number of nitrogens with one attached hydrogen (secondary N) is 3. The number of hydrogen-bond donors (Lipinski definition) is 3. The fourth-order valence-electron chi connectivity index (χ4n) is 4.61.